The maximum atomic E-state index is 8.87. The third-order valence-corrected chi connectivity index (χ3v) is 3.02. The molecule has 1 rings (SSSR count). The molecule has 0 radical (unpaired) electrons. The van der Waals surface area contributed by atoms with Gasteiger partial charge < -0.3 is 9.84 Å². The number of benzene rings is 1. The van der Waals surface area contributed by atoms with Gasteiger partial charge in [-0.2, -0.15) is 0 Å². The van der Waals surface area contributed by atoms with Crippen molar-refractivity contribution in [3.63, 3.8) is 0 Å². The molecule has 0 aliphatic rings. The summed E-state index contributed by atoms with van der Waals surface area (Å²) >= 11 is 0. The summed E-state index contributed by atoms with van der Waals surface area (Å²) in [5, 5.41) is 11.9. The van der Waals surface area contributed by atoms with Gasteiger partial charge >= 0.3 is 0 Å². The average Bonchev–Trinajstić information content (AvgIpc) is 2.24. The predicted octanol–water partition coefficient (Wildman–Crippen LogP) is 2.13. The lowest BCUT2D eigenvalue weighted by atomic mass is 9.80. The summed E-state index contributed by atoms with van der Waals surface area (Å²) in [4.78, 5) is 0. The SMILES string of the molecule is COc1cc(C)cc(C)c1C(C)(C)CNCO. The normalized spacial score (nSPS) is 11.6. The minimum atomic E-state index is -0.0775. The largest absolute Gasteiger partial charge is 0.496 e. The highest BCUT2D eigenvalue weighted by Crippen LogP contribution is 2.34. The third-order valence-electron chi connectivity index (χ3n) is 3.02. The van der Waals surface area contributed by atoms with Gasteiger partial charge in [-0.1, -0.05) is 19.9 Å². The van der Waals surface area contributed by atoms with Gasteiger partial charge in [-0.25, -0.2) is 0 Å². The Kier molecular flexibility index (Phi) is 4.54. The molecule has 0 heterocycles. The summed E-state index contributed by atoms with van der Waals surface area (Å²) in [6.45, 7) is 9.18. The van der Waals surface area contributed by atoms with E-state index in [4.69, 9.17) is 9.84 Å². The monoisotopic (exact) mass is 237 g/mol. The summed E-state index contributed by atoms with van der Waals surface area (Å²) in [5.41, 5.74) is 3.55. The molecule has 96 valence electrons. The van der Waals surface area contributed by atoms with Crippen LogP contribution < -0.4 is 10.1 Å². The number of aliphatic hydroxyl groups excluding tert-OH is 1. The van der Waals surface area contributed by atoms with Crippen LogP contribution in [0.25, 0.3) is 0 Å². The van der Waals surface area contributed by atoms with Gasteiger partial charge in [-0.15, -0.1) is 0 Å². The highest BCUT2D eigenvalue weighted by atomic mass is 16.5. The molecule has 0 aliphatic carbocycles. The molecule has 0 bridgehead atoms. The average molecular weight is 237 g/mol. The topological polar surface area (TPSA) is 41.5 Å². The molecule has 17 heavy (non-hydrogen) atoms. The van der Waals surface area contributed by atoms with E-state index in [9.17, 15) is 0 Å². The Morgan fingerprint density at radius 2 is 1.94 bits per heavy atom. The van der Waals surface area contributed by atoms with Crippen molar-refractivity contribution >= 4 is 0 Å². The Morgan fingerprint density at radius 1 is 1.29 bits per heavy atom. The van der Waals surface area contributed by atoms with Crippen LogP contribution >= 0.6 is 0 Å². The quantitative estimate of drug-likeness (QED) is 0.771. The highest BCUT2D eigenvalue weighted by molar-refractivity contribution is 5.47. The molecule has 0 atom stereocenters. The van der Waals surface area contributed by atoms with Crippen LogP contribution in [0.3, 0.4) is 0 Å². The number of nitrogens with one attached hydrogen (secondary N) is 1. The number of hydrogen-bond acceptors (Lipinski definition) is 3. The first-order valence-electron chi connectivity index (χ1n) is 5.89. The van der Waals surface area contributed by atoms with Crippen LogP contribution in [0.1, 0.15) is 30.5 Å². The maximum Gasteiger partial charge on any atom is 0.123 e. The molecule has 3 nitrogen and oxygen atoms in total. The second kappa shape index (κ2) is 5.52. The summed E-state index contributed by atoms with van der Waals surface area (Å²) in [5.74, 6) is 0.923. The number of ether oxygens (including phenoxy) is 1. The predicted molar refractivity (Wildman–Crippen MR) is 70.6 cm³/mol. The fourth-order valence-corrected chi connectivity index (χ4v) is 2.41. The van der Waals surface area contributed by atoms with Crippen molar-refractivity contribution < 1.29 is 9.84 Å². The van der Waals surface area contributed by atoms with Gasteiger partial charge in [0, 0.05) is 17.5 Å². The van der Waals surface area contributed by atoms with E-state index in [0.717, 1.165) is 5.75 Å². The fraction of sp³-hybridized carbons (Fsp3) is 0.571. The summed E-state index contributed by atoms with van der Waals surface area (Å²) in [6.07, 6.45) is 0. The van der Waals surface area contributed by atoms with E-state index in [2.05, 4.69) is 45.1 Å². The van der Waals surface area contributed by atoms with Crippen LogP contribution in [0.5, 0.6) is 5.75 Å². The van der Waals surface area contributed by atoms with Crippen molar-refractivity contribution in [3.05, 3.63) is 28.8 Å². The lowest BCUT2D eigenvalue weighted by Crippen LogP contribution is -2.34. The molecular weight excluding hydrogens is 214 g/mol. The van der Waals surface area contributed by atoms with Gasteiger partial charge in [-0.3, -0.25) is 5.32 Å². The zero-order valence-electron chi connectivity index (χ0n) is 11.4. The van der Waals surface area contributed by atoms with Gasteiger partial charge in [0.1, 0.15) is 5.75 Å². The maximum absolute atomic E-state index is 8.87. The number of aliphatic hydroxyl groups is 1. The molecule has 1 aromatic rings. The Morgan fingerprint density at radius 3 is 2.47 bits per heavy atom. The molecule has 2 N–H and O–H groups in total. The van der Waals surface area contributed by atoms with E-state index < -0.39 is 0 Å². The molecule has 1 aromatic carbocycles. The molecule has 0 amide bonds. The van der Waals surface area contributed by atoms with E-state index >= 15 is 0 Å². The summed E-state index contributed by atoms with van der Waals surface area (Å²) in [6, 6.07) is 4.22. The molecule has 0 saturated heterocycles. The van der Waals surface area contributed by atoms with E-state index in [-0.39, 0.29) is 12.1 Å². The van der Waals surface area contributed by atoms with Crippen LogP contribution in [-0.2, 0) is 5.41 Å². The minimum absolute atomic E-state index is 0.00332. The van der Waals surface area contributed by atoms with Crippen LogP contribution in [0, 0.1) is 13.8 Å². The summed E-state index contributed by atoms with van der Waals surface area (Å²) in [7, 11) is 1.70. The van der Waals surface area contributed by atoms with Crippen LogP contribution in [-0.4, -0.2) is 25.5 Å². The van der Waals surface area contributed by atoms with Crippen LogP contribution in [0.15, 0.2) is 12.1 Å². The Balaban J connectivity index is 3.19. The van der Waals surface area contributed by atoms with Gasteiger partial charge in [0.15, 0.2) is 0 Å². The second-order valence-electron chi connectivity index (χ2n) is 5.13. The molecule has 3 heteroatoms. The van der Waals surface area contributed by atoms with Crippen LogP contribution in [0.2, 0.25) is 0 Å². The van der Waals surface area contributed by atoms with Crippen molar-refractivity contribution in [2.45, 2.75) is 33.1 Å². The van der Waals surface area contributed by atoms with Crippen molar-refractivity contribution in [1.82, 2.24) is 5.32 Å². The minimum Gasteiger partial charge on any atom is -0.496 e. The summed E-state index contributed by atoms with van der Waals surface area (Å²) < 4.78 is 5.48. The van der Waals surface area contributed by atoms with Crippen molar-refractivity contribution in [1.29, 1.82) is 0 Å². The smallest absolute Gasteiger partial charge is 0.123 e. The highest BCUT2D eigenvalue weighted by Gasteiger charge is 2.26. The molecule has 0 fully saturated rings. The Hall–Kier alpha value is -1.06. The van der Waals surface area contributed by atoms with Gasteiger partial charge in [0.05, 0.1) is 13.8 Å². The van der Waals surface area contributed by atoms with Crippen LogP contribution in [0.4, 0.5) is 0 Å². The van der Waals surface area contributed by atoms with Gasteiger partial charge in [0.2, 0.25) is 0 Å². The van der Waals surface area contributed by atoms with Gasteiger partial charge in [0.25, 0.3) is 0 Å². The van der Waals surface area contributed by atoms with E-state index in [1.165, 1.54) is 16.7 Å². The fourth-order valence-electron chi connectivity index (χ4n) is 2.41. The molecule has 0 spiro atoms. The molecule has 0 saturated carbocycles. The zero-order valence-corrected chi connectivity index (χ0v) is 11.4. The van der Waals surface area contributed by atoms with E-state index in [0.29, 0.717) is 6.54 Å². The number of aryl methyl sites for hydroxylation is 2. The van der Waals surface area contributed by atoms with Gasteiger partial charge in [-0.05, 0) is 31.0 Å². The molecule has 0 unspecified atom stereocenters. The zero-order chi connectivity index (χ0) is 13.1. The second-order valence-corrected chi connectivity index (χ2v) is 5.13. The number of hydrogen-bond donors (Lipinski definition) is 2. The van der Waals surface area contributed by atoms with Crippen molar-refractivity contribution in [3.8, 4) is 5.75 Å². The van der Waals surface area contributed by atoms with E-state index in [1.807, 2.05) is 0 Å². The molecular formula is C14H23NO2. The standard InChI is InChI=1S/C14H23NO2/c1-10-6-11(2)13(12(7-10)17-5)14(3,4)8-15-9-16/h6-7,15-16H,8-9H2,1-5H3. The lowest BCUT2D eigenvalue weighted by Gasteiger charge is -2.29. The first-order valence-corrected chi connectivity index (χ1v) is 5.89. The Bertz CT molecular complexity index is 386. The first kappa shape index (κ1) is 14.0. The third kappa shape index (κ3) is 3.20. The molecule has 0 aliphatic heterocycles. The Labute approximate surface area is 104 Å². The van der Waals surface area contributed by atoms with Crippen molar-refractivity contribution in [2.24, 2.45) is 0 Å². The van der Waals surface area contributed by atoms with E-state index in [1.54, 1.807) is 7.11 Å². The first-order chi connectivity index (χ1) is 7.92. The number of methoxy groups -OCH3 is 1. The molecule has 0 aromatic heterocycles. The van der Waals surface area contributed by atoms with Crippen molar-refractivity contribution in [2.75, 3.05) is 20.4 Å². The lowest BCUT2D eigenvalue weighted by molar-refractivity contribution is 0.246. The number of rotatable bonds is 5.